The molecule has 118 valence electrons. The molecule has 0 spiro atoms. The van der Waals surface area contributed by atoms with E-state index in [9.17, 15) is 9.90 Å². The molecule has 0 aliphatic carbocycles. The number of hydrogen-bond donors (Lipinski definition) is 2. The number of anilines is 1. The van der Waals surface area contributed by atoms with Crippen LogP contribution in [0.4, 0.5) is 5.69 Å². The van der Waals surface area contributed by atoms with Crippen molar-refractivity contribution in [3.05, 3.63) is 21.0 Å². The third-order valence-electron chi connectivity index (χ3n) is 3.68. The van der Waals surface area contributed by atoms with Gasteiger partial charge in [0, 0.05) is 19.8 Å². The normalized spacial score (nSPS) is 18.0. The summed E-state index contributed by atoms with van der Waals surface area (Å²) in [5.74, 6) is 0.347. The van der Waals surface area contributed by atoms with Crippen molar-refractivity contribution < 1.29 is 9.84 Å². The molecule has 1 aliphatic rings. The van der Waals surface area contributed by atoms with Crippen LogP contribution in [0, 0.1) is 5.92 Å². The highest BCUT2D eigenvalue weighted by molar-refractivity contribution is 9.10. The third-order valence-corrected chi connectivity index (χ3v) is 4.44. The fourth-order valence-corrected chi connectivity index (χ4v) is 2.80. The predicted octanol–water partition coefficient (Wildman–Crippen LogP) is 1.62. The Kier molecular flexibility index (Phi) is 5.40. The number of ether oxygens (including phenoxy) is 1. The highest BCUT2D eigenvalue weighted by atomic mass is 79.9. The van der Waals surface area contributed by atoms with Crippen molar-refractivity contribution in [3.63, 3.8) is 0 Å². The van der Waals surface area contributed by atoms with Gasteiger partial charge in [-0.05, 0) is 34.7 Å². The van der Waals surface area contributed by atoms with E-state index >= 15 is 0 Å². The number of hydrogen-bond acceptors (Lipinski definition) is 5. The maximum Gasteiger partial charge on any atom is 0.283 e. The fourth-order valence-electron chi connectivity index (χ4n) is 2.40. The average molecular weight is 360 g/mol. The first-order valence-corrected chi connectivity index (χ1v) is 7.99. The summed E-state index contributed by atoms with van der Waals surface area (Å²) in [7, 11) is 0. The smallest absolute Gasteiger partial charge is 0.283 e. The second kappa shape index (κ2) is 6.89. The topological polar surface area (TPSA) is 76.4 Å². The summed E-state index contributed by atoms with van der Waals surface area (Å²) >= 11 is 3.35. The fraction of sp³-hybridized carbons (Fsp3) is 0.714. The van der Waals surface area contributed by atoms with Crippen LogP contribution in [0.1, 0.15) is 26.7 Å². The van der Waals surface area contributed by atoms with Crippen LogP contribution in [0.15, 0.2) is 15.5 Å². The summed E-state index contributed by atoms with van der Waals surface area (Å²) in [6, 6.07) is 0. The van der Waals surface area contributed by atoms with Crippen molar-refractivity contribution in [2.75, 3.05) is 25.1 Å². The maximum atomic E-state index is 12.3. The third kappa shape index (κ3) is 3.84. The molecule has 2 heterocycles. The van der Waals surface area contributed by atoms with E-state index in [1.807, 2.05) is 13.8 Å². The van der Waals surface area contributed by atoms with Gasteiger partial charge in [-0.2, -0.15) is 5.10 Å². The Morgan fingerprint density at radius 1 is 1.52 bits per heavy atom. The lowest BCUT2D eigenvalue weighted by Gasteiger charge is -2.37. The predicted molar refractivity (Wildman–Crippen MR) is 84.5 cm³/mol. The van der Waals surface area contributed by atoms with Gasteiger partial charge in [0.25, 0.3) is 5.56 Å². The Labute approximate surface area is 132 Å². The Balaban J connectivity index is 2.24. The van der Waals surface area contributed by atoms with Gasteiger partial charge in [0.05, 0.1) is 24.0 Å². The molecule has 1 saturated heterocycles. The molecule has 0 aromatic carbocycles. The number of nitrogens with zero attached hydrogens (tertiary/aromatic N) is 2. The molecule has 2 N–H and O–H groups in total. The van der Waals surface area contributed by atoms with Crippen LogP contribution in [0.5, 0.6) is 0 Å². The Hall–Kier alpha value is -0.920. The first kappa shape index (κ1) is 16.5. The quantitative estimate of drug-likeness (QED) is 0.835. The van der Waals surface area contributed by atoms with Gasteiger partial charge in [-0.1, -0.05) is 13.8 Å². The van der Waals surface area contributed by atoms with Gasteiger partial charge >= 0.3 is 0 Å². The monoisotopic (exact) mass is 359 g/mol. The molecule has 0 bridgehead atoms. The van der Waals surface area contributed by atoms with Crippen molar-refractivity contribution >= 4 is 21.6 Å². The van der Waals surface area contributed by atoms with E-state index in [1.54, 1.807) is 6.20 Å². The molecule has 7 heteroatoms. The molecule has 1 aromatic rings. The molecule has 0 saturated carbocycles. The van der Waals surface area contributed by atoms with E-state index in [4.69, 9.17) is 4.74 Å². The Morgan fingerprint density at radius 3 is 2.76 bits per heavy atom. The molecule has 0 atom stereocenters. The summed E-state index contributed by atoms with van der Waals surface area (Å²) in [5.41, 5.74) is 0.0175. The van der Waals surface area contributed by atoms with E-state index in [2.05, 4.69) is 26.3 Å². The average Bonchev–Trinajstić information content (AvgIpc) is 2.48. The van der Waals surface area contributed by atoms with Gasteiger partial charge in [0.1, 0.15) is 4.47 Å². The lowest BCUT2D eigenvalue weighted by molar-refractivity contribution is 0.0379. The molecular weight excluding hydrogens is 338 g/mol. The summed E-state index contributed by atoms with van der Waals surface area (Å²) in [6.45, 7) is 5.86. The maximum absolute atomic E-state index is 12.3. The van der Waals surface area contributed by atoms with Crippen molar-refractivity contribution in [2.45, 2.75) is 38.8 Å². The number of rotatable bonds is 5. The lowest BCUT2D eigenvalue weighted by Crippen LogP contribution is -2.47. The van der Waals surface area contributed by atoms with E-state index in [1.165, 1.54) is 4.68 Å². The van der Waals surface area contributed by atoms with Gasteiger partial charge in [0.15, 0.2) is 0 Å². The van der Waals surface area contributed by atoms with Crippen molar-refractivity contribution in [1.29, 1.82) is 0 Å². The number of halogens is 1. The zero-order chi connectivity index (χ0) is 15.5. The van der Waals surface area contributed by atoms with E-state index in [0.29, 0.717) is 48.7 Å². The van der Waals surface area contributed by atoms with Crippen LogP contribution in [-0.4, -0.2) is 40.2 Å². The first-order valence-electron chi connectivity index (χ1n) is 7.20. The lowest BCUT2D eigenvalue weighted by atomic mass is 9.91. The standard InChI is InChI=1S/C14H22BrN3O3/c1-10(2)8-18-13(20)12(15)11(7-16-18)17-14(9-19)3-5-21-6-4-14/h7,10,17,19H,3-6,8-9H2,1-2H3. The Morgan fingerprint density at radius 2 is 2.19 bits per heavy atom. The second-order valence-corrected chi connectivity index (χ2v) is 6.72. The van der Waals surface area contributed by atoms with Crippen LogP contribution in [-0.2, 0) is 11.3 Å². The minimum Gasteiger partial charge on any atom is -0.394 e. The number of aliphatic hydroxyl groups excluding tert-OH is 1. The summed E-state index contributed by atoms with van der Waals surface area (Å²) in [4.78, 5) is 12.3. The van der Waals surface area contributed by atoms with Gasteiger partial charge in [0.2, 0.25) is 0 Å². The summed E-state index contributed by atoms with van der Waals surface area (Å²) in [6.07, 6.45) is 3.04. The van der Waals surface area contributed by atoms with Gasteiger partial charge in [-0.15, -0.1) is 0 Å². The van der Waals surface area contributed by atoms with Crippen LogP contribution < -0.4 is 10.9 Å². The minimum atomic E-state index is -0.445. The molecule has 1 fully saturated rings. The zero-order valence-electron chi connectivity index (χ0n) is 12.4. The van der Waals surface area contributed by atoms with E-state index in [0.717, 1.165) is 0 Å². The van der Waals surface area contributed by atoms with Gasteiger partial charge in [-0.3, -0.25) is 4.79 Å². The van der Waals surface area contributed by atoms with Crippen LogP contribution in [0.3, 0.4) is 0 Å². The summed E-state index contributed by atoms with van der Waals surface area (Å²) in [5, 5.41) is 17.2. The SMILES string of the molecule is CC(C)Cn1ncc(NC2(CO)CCOCC2)c(Br)c1=O. The van der Waals surface area contributed by atoms with E-state index < -0.39 is 5.54 Å². The number of nitrogens with one attached hydrogen (secondary N) is 1. The molecule has 1 aliphatic heterocycles. The zero-order valence-corrected chi connectivity index (χ0v) is 14.0. The van der Waals surface area contributed by atoms with Crippen molar-refractivity contribution in [3.8, 4) is 0 Å². The van der Waals surface area contributed by atoms with Crippen molar-refractivity contribution in [1.82, 2.24) is 9.78 Å². The van der Waals surface area contributed by atoms with Crippen molar-refractivity contribution in [2.24, 2.45) is 5.92 Å². The highest BCUT2D eigenvalue weighted by Gasteiger charge is 2.32. The highest BCUT2D eigenvalue weighted by Crippen LogP contribution is 2.28. The Bertz CT molecular complexity index is 539. The summed E-state index contributed by atoms with van der Waals surface area (Å²) < 4.78 is 7.25. The van der Waals surface area contributed by atoms with Crippen LogP contribution in [0.25, 0.3) is 0 Å². The second-order valence-electron chi connectivity index (χ2n) is 5.93. The van der Waals surface area contributed by atoms with E-state index in [-0.39, 0.29) is 12.2 Å². The van der Waals surface area contributed by atoms with Crippen LogP contribution >= 0.6 is 15.9 Å². The molecule has 0 unspecified atom stereocenters. The molecule has 0 amide bonds. The molecule has 0 radical (unpaired) electrons. The van der Waals surface area contributed by atoms with Crippen LogP contribution in [0.2, 0.25) is 0 Å². The van der Waals surface area contributed by atoms with Gasteiger partial charge in [-0.25, -0.2) is 4.68 Å². The first-order chi connectivity index (χ1) is 9.97. The largest absolute Gasteiger partial charge is 0.394 e. The van der Waals surface area contributed by atoms with Gasteiger partial charge < -0.3 is 15.2 Å². The minimum absolute atomic E-state index is 0.00210. The number of aliphatic hydroxyl groups is 1. The molecule has 2 rings (SSSR count). The molecular formula is C14H22BrN3O3. The molecule has 21 heavy (non-hydrogen) atoms. The molecule has 6 nitrogen and oxygen atoms in total. The number of aromatic nitrogens is 2. The molecule has 1 aromatic heterocycles.